The second kappa shape index (κ2) is 6.89. The number of nitrogens with one attached hydrogen (secondary N) is 1. The molecule has 1 aliphatic rings. The lowest BCUT2D eigenvalue weighted by molar-refractivity contribution is -0.0628. The number of aliphatic hydroxyl groups is 1. The van der Waals surface area contributed by atoms with E-state index in [-0.39, 0.29) is 10.6 Å². The Bertz CT molecular complexity index is 853. The van der Waals surface area contributed by atoms with E-state index in [2.05, 4.69) is 5.32 Å². The molecule has 2 unspecified atom stereocenters. The van der Waals surface area contributed by atoms with Crippen molar-refractivity contribution in [3.8, 4) is 5.75 Å². The van der Waals surface area contributed by atoms with Gasteiger partial charge in [0.1, 0.15) is 23.3 Å². The number of amides is 1. The highest BCUT2D eigenvalue weighted by Crippen LogP contribution is 2.40. The van der Waals surface area contributed by atoms with Crippen LogP contribution in [-0.2, 0) is 6.42 Å². The van der Waals surface area contributed by atoms with Crippen LogP contribution in [-0.4, -0.2) is 22.7 Å². The van der Waals surface area contributed by atoms with E-state index in [0.29, 0.717) is 5.75 Å². The van der Waals surface area contributed by atoms with Crippen molar-refractivity contribution in [1.29, 1.82) is 0 Å². The number of benzene rings is 2. The topological polar surface area (TPSA) is 58.6 Å². The summed E-state index contributed by atoms with van der Waals surface area (Å²) in [6, 6.07) is 8.86. The van der Waals surface area contributed by atoms with Gasteiger partial charge < -0.3 is 15.2 Å². The zero-order chi connectivity index (χ0) is 19.1. The molecule has 2 N–H and O–H groups in total. The molecule has 6 heteroatoms. The van der Waals surface area contributed by atoms with E-state index in [4.69, 9.17) is 16.3 Å². The van der Waals surface area contributed by atoms with Crippen LogP contribution >= 0.6 is 11.6 Å². The SMILES string of the molecule is CCc1ccc2c(c1)C(NC(=O)c1ccc(F)c(Cl)c1)C(O)C(C)(C)O2. The van der Waals surface area contributed by atoms with Crippen LogP contribution in [0.3, 0.4) is 0 Å². The maximum Gasteiger partial charge on any atom is 0.251 e. The van der Waals surface area contributed by atoms with Crippen molar-refractivity contribution in [2.75, 3.05) is 0 Å². The second-order valence-electron chi connectivity index (χ2n) is 6.96. The Morgan fingerprint density at radius 3 is 2.69 bits per heavy atom. The van der Waals surface area contributed by atoms with Gasteiger partial charge in [0, 0.05) is 11.1 Å². The Morgan fingerprint density at radius 1 is 1.31 bits per heavy atom. The number of aliphatic hydroxyl groups excluding tert-OH is 1. The van der Waals surface area contributed by atoms with Crippen LogP contribution in [0.5, 0.6) is 5.75 Å². The number of carbonyl (C=O) groups excluding carboxylic acids is 1. The van der Waals surface area contributed by atoms with Crippen LogP contribution in [0.2, 0.25) is 5.02 Å². The molecule has 0 spiro atoms. The minimum Gasteiger partial charge on any atom is -0.485 e. The van der Waals surface area contributed by atoms with Gasteiger partial charge in [0.2, 0.25) is 0 Å². The van der Waals surface area contributed by atoms with E-state index in [1.165, 1.54) is 12.1 Å². The van der Waals surface area contributed by atoms with E-state index in [0.717, 1.165) is 23.6 Å². The van der Waals surface area contributed by atoms with Crippen molar-refractivity contribution in [2.45, 2.75) is 44.9 Å². The van der Waals surface area contributed by atoms with Crippen molar-refractivity contribution >= 4 is 17.5 Å². The largest absolute Gasteiger partial charge is 0.485 e. The highest BCUT2D eigenvalue weighted by Gasteiger charge is 2.43. The molecule has 0 saturated carbocycles. The lowest BCUT2D eigenvalue weighted by atomic mass is 9.85. The van der Waals surface area contributed by atoms with Gasteiger partial charge in [-0.3, -0.25) is 4.79 Å². The number of hydrogen-bond acceptors (Lipinski definition) is 3. The molecule has 0 fully saturated rings. The molecule has 26 heavy (non-hydrogen) atoms. The molecule has 138 valence electrons. The van der Waals surface area contributed by atoms with E-state index in [9.17, 15) is 14.3 Å². The molecule has 4 nitrogen and oxygen atoms in total. The average molecular weight is 378 g/mol. The van der Waals surface area contributed by atoms with E-state index < -0.39 is 29.5 Å². The molecule has 0 aromatic heterocycles. The molecule has 3 rings (SSSR count). The number of ether oxygens (including phenoxy) is 1. The first-order chi connectivity index (χ1) is 12.2. The lowest BCUT2D eigenvalue weighted by Crippen LogP contribution is -2.53. The quantitative estimate of drug-likeness (QED) is 0.848. The van der Waals surface area contributed by atoms with Gasteiger partial charge in [0.15, 0.2) is 0 Å². The lowest BCUT2D eigenvalue weighted by Gasteiger charge is -2.42. The molecule has 0 radical (unpaired) electrons. The maximum atomic E-state index is 13.3. The predicted molar refractivity (Wildman–Crippen MR) is 98.2 cm³/mol. The fourth-order valence-electron chi connectivity index (χ4n) is 3.09. The fourth-order valence-corrected chi connectivity index (χ4v) is 3.27. The molecule has 0 bridgehead atoms. The number of halogens is 2. The molecule has 1 amide bonds. The molecule has 1 heterocycles. The van der Waals surface area contributed by atoms with Gasteiger partial charge in [-0.05, 0) is 56.2 Å². The smallest absolute Gasteiger partial charge is 0.251 e. The normalized spacial score (nSPS) is 20.8. The fraction of sp³-hybridized carbons (Fsp3) is 0.350. The van der Waals surface area contributed by atoms with Crippen LogP contribution in [0.1, 0.15) is 48.3 Å². The van der Waals surface area contributed by atoms with Crippen molar-refractivity contribution in [3.05, 3.63) is 63.9 Å². The molecule has 0 saturated heterocycles. The summed E-state index contributed by atoms with van der Waals surface area (Å²) in [5, 5.41) is 13.5. The van der Waals surface area contributed by atoms with Gasteiger partial charge in [-0.15, -0.1) is 0 Å². The Kier molecular flexibility index (Phi) is 4.95. The summed E-state index contributed by atoms with van der Waals surface area (Å²) in [4.78, 5) is 12.7. The van der Waals surface area contributed by atoms with Gasteiger partial charge in [-0.25, -0.2) is 4.39 Å². The minimum absolute atomic E-state index is 0.126. The predicted octanol–water partition coefficient (Wildman–Crippen LogP) is 4.04. The summed E-state index contributed by atoms with van der Waals surface area (Å²) in [7, 11) is 0. The summed E-state index contributed by atoms with van der Waals surface area (Å²) < 4.78 is 19.3. The zero-order valence-electron chi connectivity index (χ0n) is 14.8. The summed E-state index contributed by atoms with van der Waals surface area (Å²) >= 11 is 5.77. The van der Waals surface area contributed by atoms with E-state index >= 15 is 0 Å². The Labute approximate surface area is 156 Å². The van der Waals surface area contributed by atoms with Crippen LogP contribution in [0, 0.1) is 5.82 Å². The molecule has 2 aromatic rings. The van der Waals surface area contributed by atoms with Crippen molar-refractivity contribution < 1.29 is 19.0 Å². The highest BCUT2D eigenvalue weighted by molar-refractivity contribution is 6.31. The number of rotatable bonds is 3. The second-order valence-corrected chi connectivity index (χ2v) is 7.36. The van der Waals surface area contributed by atoms with E-state index in [1.807, 2.05) is 25.1 Å². The molecule has 1 aliphatic heterocycles. The van der Waals surface area contributed by atoms with Gasteiger partial charge in [0.05, 0.1) is 11.1 Å². The molecule has 2 atom stereocenters. The summed E-state index contributed by atoms with van der Waals surface area (Å²) in [6.45, 7) is 5.56. The Hall–Kier alpha value is -2.11. The Morgan fingerprint density at radius 2 is 2.04 bits per heavy atom. The third-order valence-electron chi connectivity index (χ3n) is 4.69. The standard InChI is InChI=1S/C20H21ClFNO3/c1-4-11-5-8-16-13(9-11)17(18(24)20(2,3)26-16)23-19(25)12-6-7-15(22)14(21)10-12/h5-10,17-18,24H,4H2,1-3H3,(H,23,25). The first-order valence-electron chi connectivity index (χ1n) is 8.48. The third-order valence-corrected chi connectivity index (χ3v) is 4.98. The van der Waals surface area contributed by atoms with Crippen molar-refractivity contribution in [2.24, 2.45) is 0 Å². The van der Waals surface area contributed by atoms with Crippen LogP contribution in [0.15, 0.2) is 36.4 Å². The van der Waals surface area contributed by atoms with Crippen LogP contribution in [0.4, 0.5) is 4.39 Å². The number of hydrogen-bond donors (Lipinski definition) is 2. The monoisotopic (exact) mass is 377 g/mol. The summed E-state index contributed by atoms with van der Waals surface area (Å²) in [6.07, 6.45) is -0.136. The first-order valence-corrected chi connectivity index (χ1v) is 8.86. The summed E-state index contributed by atoms with van der Waals surface area (Å²) in [5.41, 5.74) is 1.14. The highest BCUT2D eigenvalue weighted by atomic mass is 35.5. The number of carbonyl (C=O) groups is 1. The van der Waals surface area contributed by atoms with Gasteiger partial charge in [-0.2, -0.15) is 0 Å². The maximum absolute atomic E-state index is 13.3. The average Bonchev–Trinajstić information content (AvgIpc) is 2.60. The van der Waals surface area contributed by atoms with Crippen molar-refractivity contribution in [1.82, 2.24) is 5.32 Å². The van der Waals surface area contributed by atoms with Gasteiger partial charge in [-0.1, -0.05) is 24.6 Å². The number of fused-ring (bicyclic) bond motifs is 1. The molecule has 2 aromatic carbocycles. The summed E-state index contributed by atoms with van der Waals surface area (Å²) in [5.74, 6) is -0.408. The minimum atomic E-state index is -0.957. The van der Waals surface area contributed by atoms with E-state index in [1.54, 1.807) is 13.8 Å². The molecule has 0 aliphatic carbocycles. The zero-order valence-corrected chi connectivity index (χ0v) is 15.6. The van der Waals surface area contributed by atoms with Crippen molar-refractivity contribution in [3.63, 3.8) is 0 Å². The first kappa shape index (κ1) is 18.7. The van der Waals surface area contributed by atoms with Crippen LogP contribution < -0.4 is 10.1 Å². The molecular formula is C20H21ClFNO3. The number of aryl methyl sites for hydroxylation is 1. The van der Waals surface area contributed by atoms with Crippen LogP contribution in [0.25, 0.3) is 0 Å². The molecular weight excluding hydrogens is 357 g/mol. The van der Waals surface area contributed by atoms with Gasteiger partial charge in [0.25, 0.3) is 5.91 Å². The van der Waals surface area contributed by atoms with Gasteiger partial charge >= 0.3 is 0 Å². The Balaban J connectivity index is 1.97. The third kappa shape index (κ3) is 3.41.